The maximum atomic E-state index is 12.7. The van der Waals surface area contributed by atoms with Crippen LogP contribution in [0.3, 0.4) is 0 Å². The third kappa shape index (κ3) is 3.51. The molecule has 1 fully saturated rings. The Morgan fingerprint density at radius 2 is 1.85 bits per heavy atom. The standard InChI is InChI=1S/C12H17F3N4O/c13-12(14,15)9-7-10(16)17-11(8-9)19-3-1-18(2-4-19)5-6-20/h7-8,20H,1-6H2,(H2,16,17). The van der Waals surface area contributed by atoms with Gasteiger partial charge >= 0.3 is 6.18 Å². The normalized spacial score (nSPS) is 17.5. The van der Waals surface area contributed by atoms with Gasteiger partial charge in [0.2, 0.25) is 0 Å². The van der Waals surface area contributed by atoms with Gasteiger partial charge in [0.1, 0.15) is 11.6 Å². The highest BCUT2D eigenvalue weighted by atomic mass is 19.4. The highest BCUT2D eigenvalue weighted by Crippen LogP contribution is 2.32. The number of aromatic nitrogens is 1. The Bertz CT molecular complexity index is 459. The van der Waals surface area contributed by atoms with E-state index in [1.54, 1.807) is 4.90 Å². The minimum Gasteiger partial charge on any atom is -0.395 e. The molecule has 0 aromatic carbocycles. The number of anilines is 2. The maximum Gasteiger partial charge on any atom is 0.416 e. The fraction of sp³-hybridized carbons (Fsp3) is 0.583. The Labute approximate surface area is 114 Å². The van der Waals surface area contributed by atoms with E-state index in [1.165, 1.54) is 0 Å². The van der Waals surface area contributed by atoms with Crippen molar-refractivity contribution in [1.82, 2.24) is 9.88 Å². The number of pyridine rings is 1. The topological polar surface area (TPSA) is 65.6 Å². The van der Waals surface area contributed by atoms with E-state index in [0.717, 1.165) is 12.1 Å². The van der Waals surface area contributed by atoms with Crippen LogP contribution in [0.2, 0.25) is 0 Å². The van der Waals surface area contributed by atoms with Crippen LogP contribution in [0.5, 0.6) is 0 Å². The third-order valence-corrected chi connectivity index (χ3v) is 3.27. The molecule has 5 nitrogen and oxygen atoms in total. The monoisotopic (exact) mass is 290 g/mol. The molecule has 0 amide bonds. The van der Waals surface area contributed by atoms with Crippen LogP contribution in [0.15, 0.2) is 12.1 Å². The number of nitrogen functional groups attached to an aromatic ring is 1. The molecule has 1 aliphatic heterocycles. The molecule has 112 valence electrons. The van der Waals surface area contributed by atoms with E-state index in [2.05, 4.69) is 4.98 Å². The molecule has 0 unspecified atom stereocenters. The van der Waals surface area contributed by atoms with Crippen molar-refractivity contribution in [1.29, 1.82) is 0 Å². The molecule has 0 aliphatic carbocycles. The van der Waals surface area contributed by atoms with E-state index in [0.29, 0.717) is 32.7 Å². The Balaban J connectivity index is 2.12. The zero-order valence-electron chi connectivity index (χ0n) is 10.9. The smallest absolute Gasteiger partial charge is 0.395 e. The number of piperazine rings is 1. The van der Waals surface area contributed by atoms with Crippen LogP contribution < -0.4 is 10.6 Å². The summed E-state index contributed by atoms with van der Waals surface area (Å²) >= 11 is 0. The second-order valence-electron chi connectivity index (χ2n) is 4.69. The number of hydrogen-bond donors (Lipinski definition) is 2. The van der Waals surface area contributed by atoms with Gasteiger partial charge in [0.25, 0.3) is 0 Å². The SMILES string of the molecule is Nc1cc(C(F)(F)F)cc(N2CCN(CCO)CC2)n1. The summed E-state index contributed by atoms with van der Waals surface area (Å²) in [4.78, 5) is 7.80. The number of rotatable bonds is 3. The van der Waals surface area contributed by atoms with Crippen molar-refractivity contribution >= 4 is 11.6 Å². The van der Waals surface area contributed by atoms with Crippen molar-refractivity contribution in [3.63, 3.8) is 0 Å². The number of aliphatic hydroxyl groups excluding tert-OH is 1. The van der Waals surface area contributed by atoms with Gasteiger partial charge in [-0.2, -0.15) is 13.2 Å². The number of nitrogens with two attached hydrogens (primary N) is 1. The highest BCUT2D eigenvalue weighted by molar-refractivity contribution is 5.49. The average molecular weight is 290 g/mol. The van der Waals surface area contributed by atoms with E-state index in [4.69, 9.17) is 10.8 Å². The maximum absolute atomic E-state index is 12.7. The fourth-order valence-electron chi connectivity index (χ4n) is 2.20. The first kappa shape index (κ1) is 14.9. The second kappa shape index (κ2) is 5.84. The van der Waals surface area contributed by atoms with Crippen molar-refractivity contribution in [2.75, 3.05) is 50.0 Å². The Hall–Kier alpha value is -1.54. The number of aliphatic hydroxyl groups is 1. The van der Waals surface area contributed by atoms with Crippen LogP contribution in [0.4, 0.5) is 24.8 Å². The Morgan fingerprint density at radius 3 is 2.40 bits per heavy atom. The van der Waals surface area contributed by atoms with E-state index < -0.39 is 11.7 Å². The lowest BCUT2D eigenvalue weighted by atomic mass is 10.2. The first-order chi connectivity index (χ1) is 9.40. The molecule has 20 heavy (non-hydrogen) atoms. The average Bonchev–Trinajstić information content (AvgIpc) is 2.38. The van der Waals surface area contributed by atoms with Crippen LogP contribution >= 0.6 is 0 Å². The molecule has 8 heteroatoms. The molecule has 0 spiro atoms. The molecular weight excluding hydrogens is 273 g/mol. The van der Waals surface area contributed by atoms with E-state index in [9.17, 15) is 13.2 Å². The number of nitrogens with zero attached hydrogens (tertiary/aromatic N) is 3. The molecule has 2 heterocycles. The van der Waals surface area contributed by atoms with Crippen LogP contribution in [-0.2, 0) is 6.18 Å². The largest absolute Gasteiger partial charge is 0.416 e. The van der Waals surface area contributed by atoms with Crippen molar-refractivity contribution < 1.29 is 18.3 Å². The Kier molecular flexibility index (Phi) is 4.34. The van der Waals surface area contributed by atoms with Gasteiger partial charge in [-0.1, -0.05) is 0 Å². The molecule has 3 N–H and O–H groups in total. The summed E-state index contributed by atoms with van der Waals surface area (Å²) < 4.78 is 38.2. The minimum absolute atomic E-state index is 0.0781. The van der Waals surface area contributed by atoms with E-state index in [1.807, 2.05) is 4.90 Å². The van der Waals surface area contributed by atoms with E-state index >= 15 is 0 Å². The summed E-state index contributed by atoms with van der Waals surface area (Å²) in [6, 6.07) is 1.86. The van der Waals surface area contributed by atoms with Crippen molar-refractivity contribution in [3.05, 3.63) is 17.7 Å². The van der Waals surface area contributed by atoms with Gasteiger partial charge in [-0.25, -0.2) is 4.98 Å². The molecule has 0 saturated carbocycles. The summed E-state index contributed by atoms with van der Waals surface area (Å²) in [6.07, 6.45) is -4.43. The quantitative estimate of drug-likeness (QED) is 0.862. The lowest BCUT2D eigenvalue weighted by Gasteiger charge is -2.35. The van der Waals surface area contributed by atoms with Crippen LogP contribution in [0.25, 0.3) is 0 Å². The van der Waals surface area contributed by atoms with Crippen LogP contribution in [0.1, 0.15) is 5.56 Å². The second-order valence-corrected chi connectivity index (χ2v) is 4.69. The number of β-amino-alcohol motifs (C(OH)–C–C–N with tert-alkyl or cyclic N) is 1. The fourth-order valence-corrected chi connectivity index (χ4v) is 2.20. The van der Waals surface area contributed by atoms with Gasteiger partial charge in [0.05, 0.1) is 12.2 Å². The van der Waals surface area contributed by atoms with Crippen molar-refractivity contribution in [2.24, 2.45) is 0 Å². The van der Waals surface area contributed by atoms with Gasteiger partial charge < -0.3 is 15.7 Å². The first-order valence-electron chi connectivity index (χ1n) is 6.33. The third-order valence-electron chi connectivity index (χ3n) is 3.27. The van der Waals surface area contributed by atoms with Gasteiger partial charge in [-0.15, -0.1) is 0 Å². The van der Waals surface area contributed by atoms with E-state index in [-0.39, 0.29) is 18.2 Å². The molecule has 1 aromatic rings. The molecule has 0 atom stereocenters. The molecule has 1 saturated heterocycles. The summed E-state index contributed by atoms with van der Waals surface area (Å²) in [7, 11) is 0. The van der Waals surface area contributed by atoms with Gasteiger partial charge in [0, 0.05) is 32.7 Å². The van der Waals surface area contributed by atoms with Gasteiger partial charge in [0.15, 0.2) is 0 Å². The van der Waals surface area contributed by atoms with Crippen molar-refractivity contribution in [3.8, 4) is 0 Å². The van der Waals surface area contributed by atoms with Gasteiger partial charge in [-0.3, -0.25) is 4.90 Å². The summed E-state index contributed by atoms with van der Waals surface area (Å²) in [5.74, 6) is 0.119. The lowest BCUT2D eigenvalue weighted by molar-refractivity contribution is -0.137. The van der Waals surface area contributed by atoms with Gasteiger partial charge in [-0.05, 0) is 12.1 Å². The molecule has 1 aliphatic rings. The first-order valence-corrected chi connectivity index (χ1v) is 6.33. The molecule has 2 rings (SSSR count). The molecule has 1 aromatic heterocycles. The number of hydrogen-bond acceptors (Lipinski definition) is 5. The summed E-state index contributed by atoms with van der Waals surface area (Å²) in [5.41, 5.74) is 4.68. The number of alkyl halides is 3. The minimum atomic E-state index is -4.43. The lowest BCUT2D eigenvalue weighted by Crippen LogP contribution is -2.47. The zero-order valence-corrected chi connectivity index (χ0v) is 10.9. The predicted octanol–water partition coefficient (Wildman–Crippen LogP) is 0.797. The molecular formula is C12H17F3N4O. The number of halogens is 3. The predicted molar refractivity (Wildman–Crippen MR) is 69.4 cm³/mol. The van der Waals surface area contributed by atoms with Crippen LogP contribution in [-0.4, -0.2) is 54.3 Å². The Morgan fingerprint density at radius 1 is 1.20 bits per heavy atom. The van der Waals surface area contributed by atoms with Crippen molar-refractivity contribution in [2.45, 2.75) is 6.18 Å². The summed E-state index contributed by atoms with van der Waals surface area (Å²) in [5, 5.41) is 8.85. The molecule has 0 radical (unpaired) electrons. The summed E-state index contributed by atoms with van der Waals surface area (Å²) in [6.45, 7) is 3.14. The van der Waals surface area contributed by atoms with Crippen LogP contribution in [0, 0.1) is 0 Å². The molecule has 0 bridgehead atoms. The highest BCUT2D eigenvalue weighted by Gasteiger charge is 2.32. The zero-order chi connectivity index (χ0) is 14.8.